The second kappa shape index (κ2) is 9.85. The first-order chi connectivity index (χ1) is 16.4. The zero-order valence-electron chi connectivity index (χ0n) is 18.2. The van der Waals surface area contributed by atoms with E-state index in [0.717, 1.165) is 4.68 Å². The maximum Gasteiger partial charge on any atom is 0.338 e. The molecular weight excluding hydrogens is 446 g/mol. The van der Waals surface area contributed by atoms with Crippen molar-refractivity contribution in [3.8, 4) is 0 Å². The lowest BCUT2D eigenvalue weighted by Gasteiger charge is -2.25. The summed E-state index contributed by atoms with van der Waals surface area (Å²) in [6, 6.07) is 8.22. The Balaban J connectivity index is 1.64. The molecule has 12 nitrogen and oxygen atoms in total. The van der Waals surface area contributed by atoms with E-state index >= 15 is 0 Å². The highest BCUT2D eigenvalue weighted by atomic mass is 16.6. The predicted molar refractivity (Wildman–Crippen MR) is 115 cm³/mol. The van der Waals surface area contributed by atoms with Gasteiger partial charge in [-0.25, -0.2) is 19.3 Å². The number of amides is 1. The van der Waals surface area contributed by atoms with Gasteiger partial charge in [0.2, 0.25) is 5.82 Å². The van der Waals surface area contributed by atoms with Crippen LogP contribution in [0.2, 0.25) is 0 Å². The number of ether oxygens (including phenoxy) is 3. The molecule has 1 aromatic carbocycles. The predicted octanol–water partition coefficient (Wildman–Crippen LogP) is 0.137. The van der Waals surface area contributed by atoms with Crippen LogP contribution in [0.5, 0.6) is 0 Å². The third-order valence-corrected chi connectivity index (χ3v) is 5.25. The first kappa shape index (κ1) is 23.1. The minimum Gasteiger partial charge on any atom is -0.452 e. The number of aliphatic hydroxyl groups excluding tert-OH is 1. The minimum absolute atomic E-state index is 0.270. The van der Waals surface area contributed by atoms with Gasteiger partial charge in [0, 0.05) is 19.7 Å². The minimum atomic E-state index is -1.21. The van der Waals surface area contributed by atoms with E-state index in [-0.39, 0.29) is 11.4 Å². The van der Waals surface area contributed by atoms with E-state index in [9.17, 15) is 19.5 Å². The molecule has 1 aromatic heterocycles. The summed E-state index contributed by atoms with van der Waals surface area (Å²) in [5, 5.41) is 13.9. The number of carbonyl (C=O) groups excluding carboxylic acids is 3. The number of hydrogen-bond acceptors (Lipinski definition) is 10. The molecule has 2 aromatic rings. The normalized spacial score (nSPS) is 23.9. The molecule has 178 valence electrons. The maximum atomic E-state index is 13.0. The lowest BCUT2D eigenvalue weighted by atomic mass is 10.1. The fraction of sp³-hybridized carbons (Fsp3) is 0.318. The molecule has 2 aliphatic heterocycles. The molecule has 1 amide bonds. The van der Waals surface area contributed by atoms with E-state index in [2.05, 4.69) is 10.1 Å². The monoisotopic (exact) mass is 469 g/mol. The van der Waals surface area contributed by atoms with Crippen molar-refractivity contribution in [1.82, 2.24) is 19.7 Å². The lowest BCUT2D eigenvalue weighted by Crippen LogP contribution is -2.41. The van der Waals surface area contributed by atoms with Gasteiger partial charge in [-0.15, -0.1) is 5.10 Å². The smallest absolute Gasteiger partial charge is 0.338 e. The topological polar surface area (TPSA) is 159 Å². The van der Waals surface area contributed by atoms with Crippen molar-refractivity contribution in [3.63, 3.8) is 0 Å². The Hall–Kier alpha value is -4.03. The highest BCUT2D eigenvalue weighted by molar-refractivity contribution is 5.90. The second-order valence-corrected chi connectivity index (χ2v) is 7.67. The van der Waals surface area contributed by atoms with E-state index in [0.29, 0.717) is 12.0 Å². The summed E-state index contributed by atoms with van der Waals surface area (Å²) in [6.07, 6.45) is 2.15. The summed E-state index contributed by atoms with van der Waals surface area (Å²) in [5.74, 6) is -2.49. The molecule has 0 unspecified atom stereocenters. The molecule has 12 heteroatoms. The molecule has 3 N–H and O–H groups in total. The quantitative estimate of drug-likeness (QED) is 0.534. The molecule has 0 bridgehead atoms. The van der Waals surface area contributed by atoms with Crippen LogP contribution in [-0.4, -0.2) is 74.6 Å². The number of rotatable bonds is 7. The van der Waals surface area contributed by atoms with Gasteiger partial charge in [0.25, 0.3) is 5.91 Å². The molecule has 4 atom stereocenters. The Morgan fingerprint density at radius 3 is 2.56 bits per heavy atom. The molecule has 0 radical (unpaired) electrons. The number of nitrogens with two attached hydrogens (primary N) is 1. The fourth-order valence-corrected chi connectivity index (χ4v) is 3.63. The van der Waals surface area contributed by atoms with Crippen LogP contribution in [0.3, 0.4) is 0 Å². The van der Waals surface area contributed by atoms with Gasteiger partial charge < -0.3 is 30.0 Å². The molecule has 0 aliphatic carbocycles. The van der Waals surface area contributed by atoms with Crippen LogP contribution >= 0.6 is 0 Å². The summed E-state index contributed by atoms with van der Waals surface area (Å²) >= 11 is 0. The van der Waals surface area contributed by atoms with E-state index < -0.39 is 49.0 Å². The average Bonchev–Trinajstić information content (AvgIpc) is 3.45. The lowest BCUT2D eigenvalue weighted by molar-refractivity contribution is -0.154. The maximum absolute atomic E-state index is 13.0. The molecule has 0 saturated carbocycles. The highest BCUT2D eigenvalue weighted by Gasteiger charge is 2.51. The van der Waals surface area contributed by atoms with Crippen LogP contribution in [0.15, 0.2) is 60.7 Å². The molecule has 4 rings (SSSR count). The molecule has 2 aliphatic rings. The van der Waals surface area contributed by atoms with Crippen molar-refractivity contribution in [2.45, 2.75) is 31.0 Å². The number of primary amides is 1. The number of aliphatic hydroxyl groups is 1. The Bertz CT molecular complexity index is 1130. The van der Waals surface area contributed by atoms with E-state index in [4.69, 9.17) is 19.9 Å². The van der Waals surface area contributed by atoms with Crippen molar-refractivity contribution in [2.24, 2.45) is 5.73 Å². The first-order valence-electron chi connectivity index (χ1n) is 10.4. The Kier molecular flexibility index (Phi) is 6.70. The van der Waals surface area contributed by atoms with E-state index in [1.165, 1.54) is 6.33 Å². The van der Waals surface area contributed by atoms with Gasteiger partial charge in [0.05, 0.1) is 17.7 Å². The molecule has 1 saturated heterocycles. The van der Waals surface area contributed by atoms with Crippen molar-refractivity contribution in [2.75, 3.05) is 13.7 Å². The summed E-state index contributed by atoms with van der Waals surface area (Å²) in [5.41, 5.74) is 5.86. The molecule has 34 heavy (non-hydrogen) atoms. The van der Waals surface area contributed by atoms with Gasteiger partial charge >= 0.3 is 11.9 Å². The van der Waals surface area contributed by atoms with Crippen molar-refractivity contribution in [3.05, 3.63) is 72.1 Å². The number of benzene rings is 1. The number of allylic oxidation sites excluding steroid dienone is 1. The summed E-state index contributed by atoms with van der Waals surface area (Å²) < 4.78 is 18.3. The van der Waals surface area contributed by atoms with Gasteiger partial charge in [-0.1, -0.05) is 24.3 Å². The van der Waals surface area contributed by atoms with Gasteiger partial charge in [0.15, 0.2) is 18.4 Å². The first-order valence-corrected chi connectivity index (χ1v) is 10.4. The summed E-state index contributed by atoms with van der Waals surface area (Å²) in [4.78, 5) is 42.7. The molecule has 1 fully saturated rings. The van der Waals surface area contributed by atoms with Crippen LogP contribution in [0.1, 0.15) is 33.6 Å². The molecule has 3 heterocycles. The number of esters is 2. The van der Waals surface area contributed by atoms with Gasteiger partial charge in [-0.05, 0) is 18.3 Å². The third kappa shape index (κ3) is 4.82. The number of aromatic nitrogens is 3. The zero-order valence-corrected chi connectivity index (χ0v) is 18.2. The zero-order chi connectivity index (χ0) is 24.2. The summed E-state index contributed by atoms with van der Waals surface area (Å²) in [7, 11) is 1.76. The van der Waals surface area contributed by atoms with Gasteiger partial charge in [0.1, 0.15) is 12.4 Å². The Morgan fingerprint density at radius 1 is 1.18 bits per heavy atom. The molecule has 0 spiro atoms. The standard InChI is InChI=1S/C22H23N5O7/c1-26-9-5-8-14(10-26)22(31)34-17-16(33-21(30)13-6-3-2-4-7-13)15(11-28)32-20(17)27-12-24-19(25-27)18(23)29/h2-7,9-10,12,15-17,20,28H,8,11H2,1H3,(H2,23,29)/t15-,16-,17-,20-/m1/s1. The van der Waals surface area contributed by atoms with Gasteiger partial charge in [-0.3, -0.25) is 4.79 Å². The summed E-state index contributed by atoms with van der Waals surface area (Å²) in [6.45, 7) is -0.539. The van der Waals surface area contributed by atoms with Crippen LogP contribution in [0.4, 0.5) is 0 Å². The Morgan fingerprint density at radius 2 is 1.91 bits per heavy atom. The van der Waals surface area contributed by atoms with Crippen molar-refractivity contribution < 1.29 is 33.7 Å². The van der Waals surface area contributed by atoms with Crippen molar-refractivity contribution >= 4 is 17.8 Å². The van der Waals surface area contributed by atoms with Crippen LogP contribution in [0, 0.1) is 0 Å². The van der Waals surface area contributed by atoms with E-state index in [1.54, 1.807) is 60.8 Å². The Labute approximate surface area is 194 Å². The highest BCUT2D eigenvalue weighted by Crippen LogP contribution is 2.34. The number of nitrogens with zero attached hydrogens (tertiary/aromatic N) is 4. The molecular formula is C22H23N5O7. The average molecular weight is 469 g/mol. The third-order valence-electron chi connectivity index (χ3n) is 5.25. The largest absolute Gasteiger partial charge is 0.452 e. The number of hydrogen-bond donors (Lipinski definition) is 2. The van der Waals surface area contributed by atoms with Gasteiger partial charge in [-0.2, -0.15) is 0 Å². The second-order valence-electron chi connectivity index (χ2n) is 7.67. The van der Waals surface area contributed by atoms with Crippen molar-refractivity contribution in [1.29, 1.82) is 0 Å². The fourth-order valence-electron chi connectivity index (χ4n) is 3.63. The van der Waals surface area contributed by atoms with E-state index in [1.807, 2.05) is 0 Å². The number of carbonyl (C=O) groups is 3. The van der Waals surface area contributed by atoms with Crippen LogP contribution < -0.4 is 5.73 Å². The SMILES string of the molecule is CN1C=CCC(C(=O)O[C@@H]2[C@H](OC(=O)c3ccccc3)[C@@H](CO)O[C@H]2n2cnc(C(N)=O)n2)=C1. The van der Waals surface area contributed by atoms with Crippen LogP contribution in [-0.2, 0) is 19.0 Å². The van der Waals surface area contributed by atoms with Crippen LogP contribution in [0.25, 0.3) is 0 Å².